The third-order valence-corrected chi connectivity index (χ3v) is 4.52. The molecule has 2 saturated heterocycles. The summed E-state index contributed by atoms with van der Waals surface area (Å²) in [5.41, 5.74) is 0. The first-order valence-electron chi connectivity index (χ1n) is 7.48. The number of amides is 3. The van der Waals surface area contributed by atoms with E-state index in [-0.39, 0.29) is 18.2 Å². The van der Waals surface area contributed by atoms with Gasteiger partial charge in [0.2, 0.25) is 5.91 Å². The van der Waals surface area contributed by atoms with E-state index in [1.54, 1.807) is 0 Å². The topological polar surface area (TPSA) is 98.7 Å². The highest BCUT2D eigenvalue weighted by Crippen LogP contribution is 2.39. The molecule has 0 spiro atoms. The van der Waals surface area contributed by atoms with Crippen LogP contribution in [0, 0.1) is 5.92 Å². The molecule has 2 aliphatic heterocycles. The molecule has 0 aliphatic carbocycles. The fraction of sp³-hybridized carbons (Fsp3) is 0.786. The van der Waals surface area contributed by atoms with Gasteiger partial charge in [0.1, 0.15) is 0 Å². The van der Waals surface area contributed by atoms with Crippen molar-refractivity contribution in [2.24, 2.45) is 5.92 Å². The average Bonchev–Trinajstić information content (AvgIpc) is 2.65. The summed E-state index contributed by atoms with van der Waals surface area (Å²) in [6, 6.07) is 0.296. The number of aliphatic carboxylic acids is 1. The molecule has 2 fully saturated rings. The highest BCUT2D eigenvalue weighted by Gasteiger charge is 2.40. The van der Waals surface area contributed by atoms with Gasteiger partial charge in [0.05, 0.1) is 0 Å². The van der Waals surface area contributed by atoms with E-state index in [1.807, 2.05) is 0 Å². The Balaban J connectivity index is 1.79. The van der Waals surface area contributed by atoms with E-state index in [0.29, 0.717) is 25.0 Å². The van der Waals surface area contributed by atoms with E-state index in [9.17, 15) is 14.4 Å². The van der Waals surface area contributed by atoms with Crippen molar-refractivity contribution in [3.63, 3.8) is 0 Å². The summed E-state index contributed by atoms with van der Waals surface area (Å²) in [7, 11) is 1.47. The fourth-order valence-electron chi connectivity index (χ4n) is 3.65. The van der Waals surface area contributed by atoms with Crippen molar-refractivity contribution in [2.45, 2.75) is 50.6 Å². The minimum atomic E-state index is -0.724. The third-order valence-electron chi connectivity index (χ3n) is 4.52. The number of hydrogen-bond donors (Lipinski definition) is 3. The Bertz CT molecular complexity index is 412. The van der Waals surface area contributed by atoms with Crippen molar-refractivity contribution < 1.29 is 19.5 Å². The Morgan fingerprint density at radius 2 is 1.81 bits per heavy atom. The van der Waals surface area contributed by atoms with E-state index >= 15 is 0 Å². The SMILES string of the molecule is CNC(=O)NC(=O)CCN1C2CCC1CC(CC(=O)O)C2. The molecule has 3 N–H and O–H groups in total. The molecule has 2 bridgehead atoms. The van der Waals surface area contributed by atoms with Crippen LogP contribution in [-0.4, -0.2) is 53.6 Å². The predicted molar refractivity (Wildman–Crippen MR) is 75.7 cm³/mol. The molecule has 21 heavy (non-hydrogen) atoms. The van der Waals surface area contributed by atoms with Gasteiger partial charge in [-0.2, -0.15) is 0 Å². The second-order valence-corrected chi connectivity index (χ2v) is 5.94. The summed E-state index contributed by atoms with van der Waals surface area (Å²) in [5.74, 6) is -0.741. The van der Waals surface area contributed by atoms with Gasteiger partial charge in [-0.05, 0) is 31.6 Å². The van der Waals surface area contributed by atoms with Gasteiger partial charge in [-0.3, -0.25) is 19.8 Å². The maximum absolute atomic E-state index is 11.6. The molecule has 7 nitrogen and oxygen atoms in total. The Labute approximate surface area is 124 Å². The molecule has 0 radical (unpaired) electrons. The summed E-state index contributed by atoms with van der Waals surface area (Å²) < 4.78 is 0. The third kappa shape index (κ3) is 4.17. The summed E-state index contributed by atoms with van der Waals surface area (Å²) in [6.45, 7) is 0.637. The Morgan fingerprint density at radius 1 is 1.19 bits per heavy atom. The molecule has 0 aromatic heterocycles. The fourth-order valence-corrected chi connectivity index (χ4v) is 3.65. The number of carbonyl (C=O) groups excluding carboxylic acids is 2. The van der Waals surface area contributed by atoms with Crippen LogP contribution in [0.1, 0.15) is 38.5 Å². The van der Waals surface area contributed by atoms with Crippen molar-refractivity contribution in [3.8, 4) is 0 Å². The van der Waals surface area contributed by atoms with E-state index < -0.39 is 12.0 Å². The van der Waals surface area contributed by atoms with Gasteiger partial charge in [-0.25, -0.2) is 4.79 Å². The number of nitrogens with zero attached hydrogens (tertiary/aromatic N) is 1. The highest BCUT2D eigenvalue weighted by molar-refractivity contribution is 5.94. The van der Waals surface area contributed by atoms with Crippen LogP contribution in [0.3, 0.4) is 0 Å². The normalized spacial score (nSPS) is 28.1. The monoisotopic (exact) mass is 297 g/mol. The van der Waals surface area contributed by atoms with Crippen molar-refractivity contribution in [3.05, 3.63) is 0 Å². The van der Waals surface area contributed by atoms with E-state index in [0.717, 1.165) is 25.7 Å². The van der Waals surface area contributed by atoms with Crippen LogP contribution in [0.25, 0.3) is 0 Å². The lowest BCUT2D eigenvalue weighted by Gasteiger charge is -2.38. The molecule has 118 valence electrons. The molecular weight excluding hydrogens is 274 g/mol. The lowest BCUT2D eigenvalue weighted by molar-refractivity contribution is -0.138. The second kappa shape index (κ2) is 6.89. The van der Waals surface area contributed by atoms with Crippen molar-refractivity contribution >= 4 is 17.9 Å². The molecule has 0 aromatic carbocycles. The number of carboxylic acids is 1. The minimum Gasteiger partial charge on any atom is -0.481 e. The van der Waals surface area contributed by atoms with Crippen molar-refractivity contribution in [1.29, 1.82) is 0 Å². The summed E-state index contributed by atoms with van der Waals surface area (Å²) in [6.07, 6.45) is 4.51. The number of fused-ring (bicyclic) bond motifs is 2. The van der Waals surface area contributed by atoms with Gasteiger partial charge in [0.15, 0.2) is 0 Å². The molecule has 2 unspecified atom stereocenters. The van der Waals surface area contributed by atoms with Crippen LogP contribution in [0.5, 0.6) is 0 Å². The maximum Gasteiger partial charge on any atom is 0.321 e. The van der Waals surface area contributed by atoms with Crippen LogP contribution in [0.15, 0.2) is 0 Å². The van der Waals surface area contributed by atoms with E-state index in [2.05, 4.69) is 15.5 Å². The van der Waals surface area contributed by atoms with E-state index in [1.165, 1.54) is 7.05 Å². The van der Waals surface area contributed by atoms with Crippen LogP contribution >= 0.6 is 0 Å². The largest absolute Gasteiger partial charge is 0.481 e. The molecule has 2 heterocycles. The summed E-state index contributed by atoms with van der Waals surface area (Å²) in [5, 5.41) is 13.5. The maximum atomic E-state index is 11.6. The van der Waals surface area contributed by atoms with Crippen molar-refractivity contribution in [1.82, 2.24) is 15.5 Å². The number of imide groups is 1. The summed E-state index contributed by atoms with van der Waals surface area (Å²) >= 11 is 0. The van der Waals surface area contributed by atoms with Gasteiger partial charge >= 0.3 is 12.0 Å². The highest BCUT2D eigenvalue weighted by atomic mass is 16.4. The van der Waals surface area contributed by atoms with E-state index in [4.69, 9.17) is 5.11 Å². The summed E-state index contributed by atoms with van der Waals surface area (Å²) in [4.78, 5) is 35.8. The Hall–Kier alpha value is -1.63. The number of nitrogens with one attached hydrogen (secondary N) is 2. The average molecular weight is 297 g/mol. The number of carboxylic acid groups (broad SMARTS) is 1. The molecule has 2 aliphatic rings. The first-order chi connectivity index (χ1) is 9.99. The quantitative estimate of drug-likeness (QED) is 0.688. The molecule has 7 heteroatoms. The smallest absolute Gasteiger partial charge is 0.321 e. The zero-order valence-corrected chi connectivity index (χ0v) is 12.3. The number of carbonyl (C=O) groups is 3. The van der Waals surface area contributed by atoms with Gasteiger partial charge in [0, 0.05) is 38.5 Å². The predicted octanol–water partition coefficient (Wildman–Crippen LogP) is 0.550. The lowest BCUT2D eigenvalue weighted by atomic mass is 9.88. The number of hydrogen-bond acceptors (Lipinski definition) is 4. The standard InChI is InChI=1S/C14H23N3O4/c1-15-14(21)16-12(18)4-5-17-10-2-3-11(17)7-9(6-10)8-13(19)20/h9-11H,2-8H2,1H3,(H,19,20)(H2,15,16,18,21). The van der Waals surface area contributed by atoms with Gasteiger partial charge in [-0.15, -0.1) is 0 Å². The molecule has 0 aromatic rings. The van der Waals surface area contributed by atoms with Crippen LogP contribution in [-0.2, 0) is 9.59 Å². The molecule has 2 atom stereocenters. The number of piperidine rings is 1. The first-order valence-corrected chi connectivity index (χ1v) is 7.48. The number of urea groups is 1. The second-order valence-electron chi connectivity index (χ2n) is 5.94. The lowest BCUT2D eigenvalue weighted by Crippen LogP contribution is -2.45. The van der Waals surface area contributed by atoms with Gasteiger partial charge in [-0.1, -0.05) is 0 Å². The Kier molecular flexibility index (Phi) is 5.17. The Morgan fingerprint density at radius 3 is 2.33 bits per heavy atom. The van der Waals surface area contributed by atoms with Crippen molar-refractivity contribution in [2.75, 3.05) is 13.6 Å². The van der Waals surface area contributed by atoms with Crippen LogP contribution in [0.2, 0.25) is 0 Å². The first kappa shape index (κ1) is 15.8. The molecule has 0 saturated carbocycles. The molecule has 2 rings (SSSR count). The number of rotatable bonds is 5. The molecule has 3 amide bonds. The minimum absolute atomic E-state index is 0.248. The van der Waals surface area contributed by atoms with Crippen LogP contribution < -0.4 is 10.6 Å². The van der Waals surface area contributed by atoms with Crippen LogP contribution in [0.4, 0.5) is 4.79 Å². The van der Waals surface area contributed by atoms with Gasteiger partial charge < -0.3 is 10.4 Å². The molecular formula is C14H23N3O4. The van der Waals surface area contributed by atoms with Gasteiger partial charge in [0.25, 0.3) is 0 Å². The zero-order valence-electron chi connectivity index (χ0n) is 12.3. The zero-order chi connectivity index (χ0) is 15.4.